The van der Waals surface area contributed by atoms with Crippen LogP contribution in [0.3, 0.4) is 0 Å². The SMILES string of the molecule is CCCN(CCC)CCCC(=O)C1CCN(c2nc(-c3ccc(C)cc3)no2)CC1. The number of carbonyl (C=O) groups excluding carboxylic acids is 1. The summed E-state index contributed by atoms with van der Waals surface area (Å²) in [5.41, 5.74) is 2.17. The largest absolute Gasteiger partial charge is 0.324 e. The monoisotopic (exact) mass is 412 g/mol. The van der Waals surface area contributed by atoms with Crippen molar-refractivity contribution >= 4 is 11.8 Å². The number of Topliss-reactive ketones (excluding diaryl/α,β-unsaturated/α-hetero) is 1. The molecule has 30 heavy (non-hydrogen) atoms. The molecule has 1 saturated heterocycles. The predicted molar refractivity (Wildman–Crippen MR) is 121 cm³/mol. The van der Waals surface area contributed by atoms with Crippen LogP contribution in [0.2, 0.25) is 0 Å². The van der Waals surface area contributed by atoms with E-state index in [1.54, 1.807) is 0 Å². The van der Waals surface area contributed by atoms with Crippen LogP contribution in [0.5, 0.6) is 0 Å². The van der Waals surface area contributed by atoms with Crippen molar-refractivity contribution in [1.29, 1.82) is 0 Å². The molecule has 0 radical (unpaired) electrons. The summed E-state index contributed by atoms with van der Waals surface area (Å²) in [7, 11) is 0. The second kappa shape index (κ2) is 11.3. The molecule has 0 saturated carbocycles. The number of piperidine rings is 1. The number of benzene rings is 1. The minimum absolute atomic E-state index is 0.173. The van der Waals surface area contributed by atoms with E-state index in [1.165, 1.54) is 18.4 Å². The lowest BCUT2D eigenvalue weighted by atomic mass is 9.90. The molecule has 0 amide bonds. The molecular formula is C24H36N4O2. The number of ketones is 1. The van der Waals surface area contributed by atoms with E-state index in [-0.39, 0.29) is 5.92 Å². The third-order valence-electron chi connectivity index (χ3n) is 5.92. The van der Waals surface area contributed by atoms with Crippen molar-refractivity contribution in [2.75, 3.05) is 37.6 Å². The van der Waals surface area contributed by atoms with Crippen molar-refractivity contribution in [3.05, 3.63) is 29.8 Å². The van der Waals surface area contributed by atoms with Gasteiger partial charge in [0.15, 0.2) is 0 Å². The maximum absolute atomic E-state index is 12.7. The summed E-state index contributed by atoms with van der Waals surface area (Å²) in [6.45, 7) is 11.4. The molecule has 6 nitrogen and oxygen atoms in total. The second-order valence-corrected chi connectivity index (χ2v) is 8.44. The van der Waals surface area contributed by atoms with Crippen LogP contribution in [0.25, 0.3) is 11.4 Å². The molecule has 0 atom stereocenters. The number of rotatable bonds is 11. The summed E-state index contributed by atoms with van der Waals surface area (Å²) in [4.78, 5) is 21.8. The molecule has 3 rings (SSSR count). The van der Waals surface area contributed by atoms with Gasteiger partial charge in [-0.1, -0.05) is 48.8 Å². The summed E-state index contributed by atoms with van der Waals surface area (Å²) >= 11 is 0. The topological polar surface area (TPSA) is 62.5 Å². The first kappa shape index (κ1) is 22.5. The summed E-state index contributed by atoms with van der Waals surface area (Å²) in [5.74, 6) is 1.21. The minimum Gasteiger partial charge on any atom is -0.324 e. The fourth-order valence-corrected chi connectivity index (χ4v) is 4.21. The van der Waals surface area contributed by atoms with Gasteiger partial charge in [-0.25, -0.2) is 0 Å². The van der Waals surface area contributed by atoms with Gasteiger partial charge in [0.2, 0.25) is 5.82 Å². The van der Waals surface area contributed by atoms with Crippen LogP contribution in [-0.2, 0) is 4.79 Å². The van der Waals surface area contributed by atoms with Crippen molar-refractivity contribution in [2.45, 2.75) is 59.3 Å². The zero-order chi connectivity index (χ0) is 21.3. The lowest BCUT2D eigenvalue weighted by molar-refractivity contribution is -0.123. The fourth-order valence-electron chi connectivity index (χ4n) is 4.21. The highest BCUT2D eigenvalue weighted by Crippen LogP contribution is 2.26. The van der Waals surface area contributed by atoms with Crippen LogP contribution in [-0.4, -0.2) is 53.5 Å². The Morgan fingerprint density at radius 2 is 1.77 bits per heavy atom. The van der Waals surface area contributed by atoms with E-state index in [2.05, 4.69) is 40.7 Å². The van der Waals surface area contributed by atoms with Gasteiger partial charge in [-0.15, -0.1) is 0 Å². The van der Waals surface area contributed by atoms with Crippen molar-refractivity contribution in [3.8, 4) is 11.4 Å². The smallest absolute Gasteiger partial charge is 0.324 e. The highest BCUT2D eigenvalue weighted by atomic mass is 16.5. The average Bonchev–Trinajstić information content (AvgIpc) is 3.25. The van der Waals surface area contributed by atoms with Gasteiger partial charge in [-0.2, -0.15) is 4.98 Å². The summed E-state index contributed by atoms with van der Waals surface area (Å²) < 4.78 is 5.50. The Morgan fingerprint density at radius 1 is 1.10 bits per heavy atom. The average molecular weight is 413 g/mol. The van der Waals surface area contributed by atoms with Crippen molar-refractivity contribution < 1.29 is 9.32 Å². The molecule has 2 heterocycles. The fraction of sp³-hybridized carbons (Fsp3) is 0.625. The maximum atomic E-state index is 12.7. The van der Waals surface area contributed by atoms with Gasteiger partial charge in [0.05, 0.1) is 0 Å². The quantitative estimate of drug-likeness (QED) is 0.531. The third kappa shape index (κ3) is 6.14. The van der Waals surface area contributed by atoms with E-state index in [9.17, 15) is 4.79 Å². The van der Waals surface area contributed by atoms with Gasteiger partial charge in [0, 0.05) is 31.0 Å². The highest BCUT2D eigenvalue weighted by Gasteiger charge is 2.27. The molecule has 1 aliphatic rings. The highest BCUT2D eigenvalue weighted by molar-refractivity contribution is 5.81. The van der Waals surface area contributed by atoms with Crippen LogP contribution >= 0.6 is 0 Å². The Labute approximate surface area is 180 Å². The predicted octanol–water partition coefficient (Wildman–Crippen LogP) is 4.73. The third-order valence-corrected chi connectivity index (χ3v) is 5.92. The van der Waals surface area contributed by atoms with Gasteiger partial charge in [0.25, 0.3) is 0 Å². The van der Waals surface area contributed by atoms with Crippen molar-refractivity contribution in [2.24, 2.45) is 5.92 Å². The molecule has 1 aliphatic heterocycles. The van der Waals surface area contributed by atoms with Crippen molar-refractivity contribution in [1.82, 2.24) is 15.0 Å². The normalized spacial score (nSPS) is 15.1. The number of aryl methyl sites for hydroxylation is 1. The summed E-state index contributed by atoms with van der Waals surface area (Å²) in [6, 6.07) is 8.68. The first-order chi connectivity index (χ1) is 14.6. The number of hydrogen-bond donors (Lipinski definition) is 0. The summed E-state index contributed by atoms with van der Waals surface area (Å²) in [6.07, 6.45) is 5.76. The Kier molecular flexibility index (Phi) is 8.43. The zero-order valence-electron chi connectivity index (χ0n) is 18.8. The molecule has 1 aromatic carbocycles. The van der Waals surface area contributed by atoms with Crippen LogP contribution in [0.1, 0.15) is 57.9 Å². The first-order valence-electron chi connectivity index (χ1n) is 11.5. The number of anilines is 1. The van der Waals surface area contributed by atoms with Crippen LogP contribution in [0, 0.1) is 12.8 Å². The molecule has 6 heteroatoms. The molecule has 1 fully saturated rings. The van der Waals surface area contributed by atoms with E-state index < -0.39 is 0 Å². The molecule has 2 aromatic rings. The number of carbonyl (C=O) groups is 1. The van der Waals surface area contributed by atoms with E-state index in [4.69, 9.17) is 4.52 Å². The zero-order valence-corrected chi connectivity index (χ0v) is 18.8. The molecule has 1 aromatic heterocycles. The summed E-state index contributed by atoms with van der Waals surface area (Å²) in [5, 5.41) is 4.13. The molecule has 0 N–H and O–H groups in total. The molecular weight excluding hydrogens is 376 g/mol. The number of hydrogen-bond acceptors (Lipinski definition) is 6. The molecule has 0 bridgehead atoms. The van der Waals surface area contributed by atoms with Crippen LogP contribution < -0.4 is 4.90 Å². The van der Waals surface area contributed by atoms with E-state index in [0.717, 1.165) is 57.5 Å². The van der Waals surface area contributed by atoms with Gasteiger partial charge < -0.3 is 14.3 Å². The molecule has 0 spiro atoms. The van der Waals surface area contributed by atoms with E-state index in [1.807, 2.05) is 24.3 Å². The standard InChI is InChI=1S/C24H36N4O2/c1-4-14-27(15-5-2)16-6-7-22(29)20-12-17-28(18-13-20)24-25-23(26-30-24)21-10-8-19(3)9-11-21/h8-11,20H,4-7,12-18H2,1-3H3. The Morgan fingerprint density at radius 3 is 2.40 bits per heavy atom. The lowest BCUT2D eigenvalue weighted by Crippen LogP contribution is -2.36. The van der Waals surface area contributed by atoms with Gasteiger partial charge in [-0.3, -0.25) is 4.79 Å². The molecule has 164 valence electrons. The van der Waals surface area contributed by atoms with E-state index in [0.29, 0.717) is 24.0 Å². The molecule has 0 aliphatic carbocycles. The lowest BCUT2D eigenvalue weighted by Gasteiger charge is -2.29. The molecule has 0 unspecified atom stereocenters. The minimum atomic E-state index is 0.173. The number of aromatic nitrogens is 2. The van der Waals surface area contributed by atoms with Gasteiger partial charge in [-0.05, 0) is 58.7 Å². The first-order valence-corrected chi connectivity index (χ1v) is 11.5. The van der Waals surface area contributed by atoms with E-state index >= 15 is 0 Å². The number of nitrogens with zero attached hydrogens (tertiary/aromatic N) is 4. The second-order valence-electron chi connectivity index (χ2n) is 8.44. The van der Waals surface area contributed by atoms with Crippen LogP contribution in [0.15, 0.2) is 28.8 Å². The Hall–Kier alpha value is -2.21. The van der Waals surface area contributed by atoms with Crippen molar-refractivity contribution in [3.63, 3.8) is 0 Å². The van der Waals surface area contributed by atoms with Crippen LogP contribution in [0.4, 0.5) is 6.01 Å². The maximum Gasteiger partial charge on any atom is 0.324 e. The Balaban J connectivity index is 1.44. The van der Waals surface area contributed by atoms with Gasteiger partial charge in [0.1, 0.15) is 5.78 Å². The van der Waals surface area contributed by atoms with Gasteiger partial charge >= 0.3 is 6.01 Å². The Bertz CT molecular complexity index is 773.